The highest BCUT2D eigenvalue weighted by molar-refractivity contribution is 7.81. The fourth-order valence-electron chi connectivity index (χ4n) is 2.63. The van der Waals surface area contributed by atoms with E-state index in [0.29, 0.717) is 6.10 Å². The van der Waals surface area contributed by atoms with Crippen LogP contribution in [0.5, 0.6) is 0 Å². The van der Waals surface area contributed by atoms with Gasteiger partial charge in [-0.3, -0.25) is 0 Å². The second-order valence-electron chi connectivity index (χ2n) is 7.02. The number of unbranched alkanes of at least 4 members (excludes halogenated alkanes) is 1. The number of rotatable bonds is 10. The van der Waals surface area contributed by atoms with Crippen LogP contribution in [0.15, 0.2) is 0 Å². The first-order valence-electron chi connectivity index (χ1n) is 7.54. The second-order valence-corrected chi connectivity index (χ2v) is 8.23. The molecule has 0 aliphatic heterocycles. The largest absolute Gasteiger partial charge is 0.378 e. The molecule has 0 heterocycles. The molecule has 0 rings (SSSR count). The summed E-state index contributed by atoms with van der Waals surface area (Å²) in [6.45, 7) is 14.3. The molecule has 0 bridgehead atoms. The average Bonchev–Trinajstić information content (AvgIpc) is 2.19. The summed E-state index contributed by atoms with van der Waals surface area (Å²) < 4.78 is 6.24. The van der Waals surface area contributed by atoms with E-state index in [4.69, 9.17) is 4.74 Å². The monoisotopic (exact) mass is 274 g/mol. The van der Waals surface area contributed by atoms with Crippen LogP contribution < -0.4 is 0 Å². The summed E-state index contributed by atoms with van der Waals surface area (Å²) in [7, 11) is 0. The van der Waals surface area contributed by atoms with Crippen LogP contribution in [0.25, 0.3) is 0 Å². The molecule has 0 N–H and O–H groups in total. The van der Waals surface area contributed by atoms with Crippen LogP contribution in [-0.4, -0.2) is 17.5 Å². The van der Waals surface area contributed by atoms with Crippen molar-refractivity contribution in [3.63, 3.8) is 0 Å². The Labute approximate surface area is 120 Å². The van der Waals surface area contributed by atoms with Crippen LogP contribution in [0.4, 0.5) is 0 Å². The molecule has 1 unspecified atom stereocenters. The van der Waals surface area contributed by atoms with E-state index in [1.807, 2.05) is 0 Å². The van der Waals surface area contributed by atoms with Gasteiger partial charge in [0.15, 0.2) is 0 Å². The highest BCUT2D eigenvalue weighted by Gasteiger charge is 2.27. The van der Waals surface area contributed by atoms with Crippen LogP contribution in [0.2, 0.25) is 0 Å². The predicted molar refractivity (Wildman–Crippen MR) is 85.6 cm³/mol. The van der Waals surface area contributed by atoms with Gasteiger partial charge in [-0.05, 0) is 24.7 Å². The zero-order chi connectivity index (χ0) is 14.2. The van der Waals surface area contributed by atoms with Crippen molar-refractivity contribution in [2.24, 2.45) is 5.41 Å². The van der Waals surface area contributed by atoms with Crippen molar-refractivity contribution in [2.75, 3.05) is 6.61 Å². The second kappa shape index (κ2) is 8.47. The summed E-state index contributed by atoms with van der Waals surface area (Å²) in [5.41, 5.74) is 0.212. The Hall–Kier alpha value is 0.310. The van der Waals surface area contributed by atoms with Crippen molar-refractivity contribution in [1.29, 1.82) is 0 Å². The molecule has 0 aliphatic carbocycles. The molecular weight excluding hydrogens is 240 g/mol. The minimum Gasteiger partial charge on any atom is -0.378 e. The quantitative estimate of drug-likeness (QED) is 0.518. The molecule has 0 spiro atoms. The Morgan fingerprint density at radius 3 is 2.06 bits per heavy atom. The van der Waals surface area contributed by atoms with Gasteiger partial charge >= 0.3 is 0 Å². The zero-order valence-corrected chi connectivity index (χ0v) is 14.3. The summed E-state index contributed by atoms with van der Waals surface area (Å²) in [5, 5.41) is 0. The molecule has 0 amide bonds. The minimum atomic E-state index is 0.0799. The van der Waals surface area contributed by atoms with E-state index in [1.54, 1.807) is 0 Å². The fraction of sp³-hybridized carbons (Fsp3) is 1.00. The normalized spacial score (nSPS) is 14.8. The van der Waals surface area contributed by atoms with Crippen LogP contribution in [-0.2, 0) is 4.74 Å². The molecule has 0 aromatic heterocycles. The van der Waals surface area contributed by atoms with E-state index in [2.05, 4.69) is 54.2 Å². The first kappa shape index (κ1) is 18.3. The lowest BCUT2D eigenvalue weighted by Gasteiger charge is -2.33. The minimum absolute atomic E-state index is 0.0799. The van der Waals surface area contributed by atoms with E-state index in [1.165, 1.54) is 32.1 Å². The Balaban J connectivity index is 4.14. The van der Waals surface area contributed by atoms with Crippen molar-refractivity contribution in [3.05, 3.63) is 0 Å². The molecule has 2 heteroatoms. The molecule has 1 atom stereocenters. The Morgan fingerprint density at radius 1 is 1.00 bits per heavy atom. The number of thiol groups is 1. The van der Waals surface area contributed by atoms with Gasteiger partial charge < -0.3 is 4.74 Å². The molecule has 1 nitrogen and oxygen atoms in total. The van der Waals surface area contributed by atoms with Gasteiger partial charge in [-0.15, -0.1) is 0 Å². The molecule has 0 saturated carbocycles. The van der Waals surface area contributed by atoms with E-state index in [9.17, 15) is 0 Å². The van der Waals surface area contributed by atoms with Crippen molar-refractivity contribution >= 4 is 12.6 Å². The van der Waals surface area contributed by atoms with Crippen LogP contribution >= 0.6 is 12.6 Å². The lowest BCUT2D eigenvalue weighted by molar-refractivity contribution is -0.0114. The predicted octanol–water partition coefficient (Wildman–Crippen LogP) is 5.49. The molecule has 0 saturated heterocycles. The lowest BCUT2D eigenvalue weighted by Crippen LogP contribution is -2.30. The summed E-state index contributed by atoms with van der Waals surface area (Å²) >= 11 is 4.63. The van der Waals surface area contributed by atoms with Crippen molar-refractivity contribution in [3.8, 4) is 0 Å². The van der Waals surface area contributed by atoms with Crippen LogP contribution in [0.3, 0.4) is 0 Å². The summed E-state index contributed by atoms with van der Waals surface area (Å²) in [4.78, 5) is 0. The van der Waals surface area contributed by atoms with E-state index in [0.717, 1.165) is 13.0 Å². The van der Waals surface area contributed by atoms with E-state index in [-0.39, 0.29) is 10.2 Å². The van der Waals surface area contributed by atoms with Gasteiger partial charge in [-0.2, -0.15) is 12.6 Å². The van der Waals surface area contributed by atoms with E-state index >= 15 is 0 Å². The third-order valence-electron chi connectivity index (χ3n) is 3.11. The number of ether oxygens (including phenoxy) is 1. The SMILES string of the molecule is CCCCC(CCC)OCC(C)(C)CC(C)(C)S. The first-order valence-corrected chi connectivity index (χ1v) is 7.99. The van der Waals surface area contributed by atoms with Crippen molar-refractivity contribution in [2.45, 2.75) is 90.9 Å². The van der Waals surface area contributed by atoms with Gasteiger partial charge in [-0.25, -0.2) is 0 Å². The third-order valence-corrected chi connectivity index (χ3v) is 3.27. The Kier molecular flexibility index (Phi) is 8.62. The molecule has 0 fully saturated rings. The number of hydrogen-bond acceptors (Lipinski definition) is 2. The van der Waals surface area contributed by atoms with Gasteiger partial charge in [0, 0.05) is 4.75 Å². The molecular formula is C16H34OS. The van der Waals surface area contributed by atoms with Crippen LogP contribution in [0, 0.1) is 5.41 Å². The number of hydrogen-bond donors (Lipinski definition) is 1. The Bertz CT molecular complexity index is 206. The van der Waals surface area contributed by atoms with Gasteiger partial charge in [0.05, 0.1) is 12.7 Å². The maximum absolute atomic E-state index is 6.16. The van der Waals surface area contributed by atoms with E-state index < -0.39 is 0 Å². The van der Waals surface area contributed by atoms with Gasteiger partial charge in [0.1, 0.15) is 0 Å². The lowest BCUT2D eigenvalue weighted by atomic mass is 9.84. The highest BCUT2D eigenvalue weighted by atomic mass is 32.1. The molecule has 110 valence electrons. The molecule has 0 aromatic carbocycles. The Morgan fingerprint density at radius 2 is 1.61 bits per heavy atom. The summed E-state index contributed by atoms with van der Waals surface area (Å²) in [6, 6.07) is 0. The molecule has 0 aliphatic rings. The first-order chi connectivity index (χ1) is 8.20. The summed E-state index contributed by atoms with van der Waals surface area (Å²) in [5.74, 6) is 0. The topological polar surface area (TPSA) is 9.23 Å². The maximum Gasteiger partial charge on any atom is 0.0575 e. The zero-order valence-electron chi connectivity index (χ0n) is 13.4. The average molecular weight is 275 g/mol. The summed E-state index contributed by atoms with van der Waals surface area (Å²) in [6.07, 6.45) is 7.70. The van der Waals surface area contributed by atoms with Gasteiger partial charge in [0.2, 0.25) is 0 Å². The molecule has 18 heavy (non-hydrogen) atoms. The van der Waals surface area contributed by atoms with Crippen molar-refractivity contribution < 1.29 is 4.74 Å². The van der Waals surface area contributed by atoms with Crippen LogP contribution in [0.1, 0.15) is 80.1 Å². The van der Waals surface area contributed by atoms with Gasteiger partial charge in [-0.1, -0.05) is 60.8 Å². The van der Waals surface area contributed by atoms with Gasteiger partial charge in [0.25, 0.3) is 0 Å². The highest BCUT2D eigenvalue weighted by Crippen LogP contribution is 2.32. The van der Waals surface area contributed by atoms with Crippen molar-refractivity contribution in [1.82, 2.24) is 0 Å². The fourth-order valence-corrected chi connectivity index (χ4v) is 3.06. The smallest absolute Gasteiger partial charge is 0.0575 e. The molecule has 0 aromatic rings. The molecule has 0 radical (unpaired) electrons. The standard InChI is InChI=1S/C16H34OS/c1-7-9-11-14(10-8-2)17-13-15(3,4)12-16(5,6)18/h14,18H,7-13H2,1-6H3. The third kappa shape index (κ3) is 10.3. The maximum atomic E-state index is 6.16.